The molecule has 0 atom stereocenters. The van der Waals surface area contributed by atoms with Gasteiger partial charge in [0.1, 0.15) is 5.76 Å². The summed E-state index contributed by atoms with van der Waals surface area (Å²) in [4.78, 5) is 24.2. The third-order valence-electron chi connectivity index (χ3n) is 4.42. The second-order valence-electron chi connectivity index (χ2n) is 6.85. The lowest BCUT2D eigenvalue weighted by Gasteiger charge is -2.09. The minimum absolute atomic E-state index is 0.0215. The number of benzene rings is 2. The Hall–Kier alpha value is -3.14. The third kappa shape index (κ3) is 6.94. The van der Waals surface area contributed by atoms with Crippen LogP contribution in [0.5, 0.6) is 0 Å². The van der Waals surface area contributed by atoms with E-state index in [0.717, 1.165) is 0 Å². The van der Waals surface area contributed by atoms with Crippen molar-refractivity contribution in [1.29, 1.82) is 0 Å². The zero-order valence-electron chi connectivity index (χ0n) is 17.0. The van der Waals surface area contributed by atoms with E-state index in [0.29, 0.717) is 35.0 Å². The molecule has 3 aromatic rings. The molecule has 8 nitrogen and oxygen atoms in total. The van der Waals surface area contributed by atoms with Crippen LogP contribution in [0, 0.1) is 0 Å². The summed E-state index contributed by atoms with van der Waals surface area (Å²) in [5.74, 6) is -0.0490. The zero-order valence-corrected chi connectivity index (χ0v) is 18.6. The van der Waals surface area contributed by atoms with Gasteiger partial charge in [-0.15, -0.1) is 0 Å². The van der Waals surface area contributed by atoms with Crippen molar-refractivity contribution in [2.45, 2.75) is 24.3 Å². The number of nitrogens with one attached hydrogen (secondary N) is 3. The van der Waals surface area contributed by atoms with E-state index >= 15 is 0 Å². The van der Waals surface area contributed by atoms with E-state index in [-0.39, 0.29) is 29.7 Å². The highest BCUT2D eigenvalue weighted by Gasteiger charge is 2.15. The Morgan fingerprint density at radius 1 is 1.00 bits per heavy atom. The fourth-order valence-electron chi connectivity index (χ4n) is 2.78. The number of halogens is 1. The Bertz CT molecular complexity index is 1160. The molecule has 0 aliphatic heterocycles. The molecule has 0 aliphatic carbocycles. The van der Waals surface area contributed by atoms with E-state index in [1.807, 2.05) is 0 Å². The van der Waals surface area contributed by atoms with Gasteiger partial charge in [-0.3, -0.25) is 9.59 Å². The number of amides is 2. The maximum absolute atomic E-state index is 12.5. The number of carbonyl (C=O) groups is 2. The molecule has 1 aromatic heterocycles. The van der Waals surface area contributed by atoms with Crippen molar-refractivity contribution in [3.63, 3.8) is 0 Å². The molecule has 3 N–H and O–H groups in total. The molecule has 32 heavy (non-hydrogen) atoms. The first-order valence-corrected chi connectivity index (χ1v) is 11.7. The molecule has 0 bridgehead atoms. The Morgan fingerprint density at radius 2 is 1.78 bits per heavy atom. The molecule has 0 radical (unpaired) electrons. The standard InChI is InChI=1S/C22H22ClN3O5S/c23-17-10-8-16(9-11-17)22(28)24-12-2-7-21(27)26-18-4-1-6-20(14-18)32(29,30)25-15-19-5-3-13-31-19/h1,3-6,8-11,13-14,25H,2,7,12,15H2,(H,24,28)(H,26,27). The highest BCUT2D eigenvalue weighted by Crippen LogP contribution is 2.16. The molecule has 0 aliphatic rings. The van der Waals surface area contributed by atoms with Gasteiger partial charge >= 0.3 is 0 Å². The van der Waals surface area contributed by atoms with Gasteiger partial charge in [0, 0.05) is 29.2 Å². The second kappa shape index (κ2) is 10.9. The lowest BCUT2D eigenvalue weighted by molar-refractivity contribution is -0.116. The molecule has 2 amide bonds. The first-order chi connectivity index (χ1) is 15.3. The van der Waals surface area contributed by atoms with Gasteiger partial charge in [-0.1, -0.05) is 17.7 Å². The van der Waals surface area contributed by atoms with Crippen LogP contribution < -0.4 is 15.4 Å². The van der Waals surface area contributed by atoms with Crippen LogP contribution in [0.25, 0.3) is 0 Å². The summed E-state index contributed by atoms with van der Waals surface area (Å²) in [5.41, 5.74) is 0.846. The molecule has 2 aromatic carbocycles. The summed E-state index contributed by atoms with van der Waals surface area (Å²) >= 11 is 5.80. The molecule has 0 spiro atoms. The van der Waals surface area contributed by atoms with Crippen LogP contribution in [0.1, 0.15) is 29.0 Å². The Morgan fingerprint density at radius 3 is 2.50 bits per heavy atom. The molecular weight excluding hydrogens is 454 g/mol. The second-order valence-corrected chi connectivity index (χ2v) is 9.05. The lowest BCUT2D eigenvalue weighted by atomic mass is 10.2. The van der Waals surface area contributed by atoms with Gasteiger partial charge in [0.25, 0.3) is 5.91 Å². The number of sulfonamides is 1. The summed E-state index contributed by atoms with van der Waals surface area (Å²) in [6.07, 6.45) is 2.05. The zero-order chi connectivity index (χ0) is 23.0. The van der Waals surface area contributed by atoms with Crippen molar-refractivity contribution >= 4 is 39.1 Å². The summed E-state index contributed by atoms with van der Waals surface area (Å²) in [6, 6.07) is 15.8. The van der Waals surface area contributed by atoms with Crippen molar-refractivity contribution < 1.29 is 22.4 Å². The predicted molar refractivity (Wildman–Crippen MR) is 121 cm³/mol. The lowest BCUT2D eigenvalue weighted by Crippen LogP contribution is -2.25. The van der Waals surface area contributed by atoms with Crippen molar-refractivity contribution in [3.8, 4) is 0 Å². The molecule has 3 rings (SSSR count). The van der Waals surface area contributed by atoms with E-state index < -0.39 is 10.0 Å². The van der Waals surface area contributed by atoms with E-state index in [2.05, 4.69) is 15.4 Å². The van der Waals surface area contributed by atoms with Crippen LogP contribution in [0.15, 0.2) is 76.2 Å². The minimum atomic E-state index is -3.77. The minimum Gasteiger partial charge on any atom is -0.468 e. The third-order valence-corrected chi connectivity index (χ3v) is 6.07. The van der Waals surface area contributed by atoms with Crippen LogP contribution in [0.4, 0.5) is 5.69 Å². The topological polar surface area (TPSA) is 118 Å². The van der Waals surface area contributed by atoms with Gasteiger partial charge < -0.3 is 15.1 Å². The molecule has 0 saturated carbocycles. The van der Waals surface area contributed by atoms with Crippen molar-refractivity contribution in [1.82, 2.24) is 10.0 Å². The van der Waals surface area contributed by atoms with Crippen LogP contribution in [-0.2, 0) is 21.4 Å². The number of carbonyl (C=O) groups excluding carboxylic acids is 2. The smallest absolute Gasteiger partial charge is 0.251 e. The predicted octanol–water partition coefficient (Wildman–Crippen LogP) is 3.56. The maximum atomic E-state index is 12.5. The van der Waals surface area contributed by atoms with Gasteiger partial charge in [0.2, 0.25) is 15.9 Å². The molecule has 0 unspecified atom stereocenters. The Balaban J connectivity index is 1.45. The molecule has 1 heterocycles. The van der Waals surface area contributed by atoms with Gasteiger partial charge in [-0.05, 0) is 61.0 Å². The monoisotopic (exact) mass is 475 g/mol. The van der Waals surface area contributed by atoms with E-state index in [9.17, 15) is 18.0 Å². The SMILES string of the molecule is O=C(CCCNC(=O)c1ccc(Cl)cc1)Nc1cccc(S(=O)(=O)NCc2ccco2)c1. The molecule has 168 valence electrons. The normalized spacial score (nSPS) is 11.2. The Labute approximate surface area is 191 Å². The largest absolute Gasteiger partial charge is 0.468 e. The number of rotatable bonds is 10. The highest BCUT2D eigenvalue weighted by atomic mass is 35.5. The molecule has 10 heteroatoms. The van der Waals surface area contributed by atoms with Crippen molar-refractivity contribution in [2.24, 2.45) is 0 Å². The van der Waals surface area contributed by atoms with Crippen LogP contribution >= 0.6 is 11.6 Å². The fraction of sp³-hybridized carbons (Fsp3) is 0.182. The Kier molecular flexibility index (Phi) is 8.04. The first-order valence-electron chi connectivity index (χ1n) is 9.79. The molecule has 0 fully saturated rings. The van der Waals surface area contributed by atoms with Crippen LogP contribution in [-0.4, -0.2) is 26.8 Å². The highest BCUT2D eigenvalue weighted by molar-refractivity contribution is 7.89. The average Bonchev–Trinajstić information content (AvgIpc) is 3.30. The quantitative estimate of drug-likeness (QED) is 0.387. The van der Waals surface area contributed by atoms with E-state index in [4.69, 9.17) is 16.0 Å². The van der Waals surface area contributed by atoms with E-state index in [1.165, 1.54) is 18.4 Å². The molecule has 0 saturated heterocycles. The van der Waals surface area contributed by atoms with Gasteiger partial charge in [0.05, 0.1) is 17.7 Å². The summed E-state index contributed by atoms with van der Waals surface area (Å²) < 4.78 is 32.5. The van der Waals surface area contributed by atoms with Crippen LogP contribution in [0.2, 0.25) is 5.02 Å². The van der Waals surface area contributed by atoms with Gasteiger partial charge in [0.15, 0.2) is 0 Å². The van der Waals surface area contributed by atoms with Gasteiger partial charge in [-0.25, -0.2) is 13.1 Å². The number of anilines is 1. The number of hydrogen-bond donors (Lipinski definition) is 3. The number of furan rings is 1. The van der Waals surface area contributed by atoms with Crippen molar-refractivity contribution in [3.05, 3.63) is 83.3 Å². The number of hydrogen-bond acceptors (Lipinski definition) is 5. The fourth-order valence-corrected chi connectivity index (χ4v) is 3.95. The summed E-state index contributed by atoms with van der Waals surface area (Å²) in [5, 5.41) is 5.95. The summed E-state index contributed by atoms with van der Waals surface area (Å²) in [7, 11) is -3.77. The maximum Gasteiger partial charge on any atom is 0.251 e. The van der Waals surface area contributed by atoms with Crippen molar-refractivity contribution in [2.75, 3.05) is 11.9 Å². The molecular formula is C22H22ClN3O5S. The van der Waals surface area contributed by atoms with E-state index in [1.54, 1.807) is 48.5 Å². The van der Waals surface area contributed by atoms with Crippen LogP contribution in [0.3, 0.4) is 0 Å². The van der Waals surface area contributed by atoms with Gasteiger partial charge in [-0.2, -0.15) is 0 Å². The summed E-state index contributed by atoms with van der Waals surface area (Å²) in [6.45, 7) is 0.341. The first kappa shape index (κ1) is 23.5. The average molecular weight is 476 g/mol.